The maximum Gasteiger partial charge on any atom is 0.261 e. The van der Waals surface area contributed by atoms with E-state index in [2.05, 4.69) is 22.1 Å². The molecule has 0 bridgehead atoms. The molecular weight excluding hydrogens is 338 g/mol. The van der Waals surface area contributed by atoms with Crippen LogP contribution in [0.2, 0.25) is 0 Å². The zero-order valence-corrected chi connectivity index (χ0v) is 14.6. The summed E-state index contributed by atoms with van der Waals surface area (Å²) in [5, 5.41) is 11.2. The highest BCUT2D eigenvalue weighted by Gasteiger charge is 2.15. The topological polar surface area (TPSA) is 64.1 Å². The van der Waals surface area contributed by atoms with E-state index < -0.39 is 0 Å². The van der Waals surface area contributed by atoms with E-state index in [1.807, 2.05) is 18.4 Å². The first-order valence-corrected chi connectivity index (χ1v) is 9.31. The quantitative estimate of drug-likeness (QED) is 0.464. The van der Waals surface area contributed by atoms with Gasteiger partial charge in [0, 0.05) is 10.6 Å². The van der Waals surface area contributed by atoms with E-state index >= 15 is 0 Å². The van der Waals surface area contributed by atoms with Gasteiger partial charge < -0.3 is 4.74 Å². The van der Waals surface area contributed by atoms with Crippen LogP contribution >= 0.6 is 34.9 Å². The molecule has 0 spiro atoms. The highest BCUT2D eigenvalue weighted by Crippen LogP contribution is 2.28. The molecule has 0 fully saturated rings. The third kappa shape index (κ3) is 4.25. The normalized spacial score (nSPS) is 10.3. The first-order valence-electron chi connectivity index (χ1n) is 6.28. The van der Waals surface area contributed by atoms with Gasteiger partial charge in [-0.3, -0.25) is 10.1 Å². The van der Waals surface area contributed by atoms with Crippen LogP contribution in [-0.2, 0) is 0 Å². The Balaban J connectivity index is 2.11. The number of carbonyl (C=O) groups is 1. The first kappa shape index (κ1) is 16.9. The number of methoxy groups -OCH3 is 1. The lowest BCUT2D eigenvalue weighted by atomic mass is 10.2. The summed E-state index contributed by atoms with van der Waals surface area (Å²) in [6.45, 7) is 3.65. The minimum absolute atomic E-state index is 0.263. The molecule has 0 saturated carbocycles. The van der Waals surface area contributed by atoms with E-state index in [0.29, 0.717) is 16.4 Å². The molecule has 1 aromatic heterocycles. The van der Waals surface area contributed by atoms with Crippen molar-refractivity contribution < 1.29 is 9.53 Å². The van der Waals surface area contributed by atoms with Crippen molar-refractivity contribution in [2.24, 2.45) is 0 Å². The van der Waals surface area contributed by atoms with Crippen LogP contribution in [0.1, 0.15) is 10.4 Å². The van der Waals surface area contributed by atoms with Gasteiger partial charge in [0.25, 0.3) is 5.91 Å². The lowest BCUT2D eigenvalue weighted by Gasteiger charge is -2.09. The molecule has 1 N–H and O–H groups in total. The van der Waals surface area contributed by atoms with Crippen molar-refractivity contribution in [2.75, 3.05) is 24.4 Å². The summed E-state index contributed by atoms with van der Waals surface area (Å²) in [7, 11) is 1.55. The summed E-state index contributed by atoms with van der Waals surface area (Å²) in [6, 6.07) is 5.47. The zero-order valence-electron chi connectivity index (χ0n) is 12.2. The van der Waals surface area contributed by atoms with E-state index in [-0.39, 0.29) is 5.91 Å². The number of ether oxygens (including phenoxy) is 1. The molecule has 1 amide bonds. The molecule has 2 rings (SSSR count). The molecule has 0 aliphatic carbocycles. The number of hydrogen-bond acceptors (Lipinski definition) is 7. The fraction of sp³-hybridized carbons (Fsp3) is 0.214. The lowest BCUT2D eigenvalue weighted by Crippen LogP contribution is -2.13. The van der Waals surface area contributed by atoms with Crippen molar-refractivity contribution in [3.8, 4) is 5.75 Å². The number of amides is 1. The molecule has 22 heavy (non-hydrogen) atoms. The second kappa shape index (κ2) is 8.21. The Morgan fingerprint density at radius 3 is 3.00 bits per heavy atom. The van der Waals surface area contributed by atoms with E-state index in [0.717, 1.165) is 15.0 Å². The zero-order chi connectivity index (χ0) is 15.9. The largest absolute Gasteiger partial charge is 0.496 e. The maximum atomic E-state index is 12.3. The van der Waals surface area contributed by atoms with Gasteiger partial charge in [-0.25, -0.2) is 0 Å². The monoisotopic (exact) mass is 353 g/mol. The standard InChI is InChI=1S/C14H15N3O2S3/c1-4-7-21-14-17-16-13(22-14)15-12(18)10-6-5-9(20-3)8-11(10)19-2/h4-6,8H,1,7H2,2-3H3,(H,15,16,18). The van der Waals surface area contributed by atoms with Crippen LogP contribution in [0.4, 0.5) is 5.13 Å². The van der Waals surface area contributed by atoms with Crippen LogP contribution in [0, 0.1) is 0 Å². The van der Waals surface area contributed by atoms with Crippen LogP contribution in [0.15, 0.2) is 40.1 Å². The minimum Gasteiger partial charge on any atom is -0.496 e. The van der Waals surface area contributed by atoms with Gasteiger partial charge in [0.1, 0.15) is 5.75 Å². The highest BCUT2D eigenvalue weighted by molar-refractivity contribution is 8.01. The van der Waals surface area contributed by atoms with Gasteiger partial charge in [0.15, 0.2) is 4.34 Å². The van der Waals surface area contributed by atoms with Gasteiger partial charge in [-0.2, -0.15) is 0 Å². The summed E-state index contributed by atoms with van der Waals surface area (Å²) in [5.74, 6) is 1.03. The van der Waals surface area contributed by atoms with Gasteiger partial charge in [0.05, 0.1) is 12.7 Å². The van der Waals surface area contributed by atoms with Gasteiger partial charge in [0.2, 0.25) is 5.13 Å². The Bertz CT molecular complexity index is 673. The molecule has 0 aliphatic rings. The van der Waals surface area contributed by atoms with Gasteiger partial charge in [-0.05, 0) is 24.5 Å². The summed E-state index contributed by atoms with van der Waals surface area (Å²) in [4.78, 5) is 13.4. The van der Waals surface area contributed by atoms with E-state index in [4.69, 9.17) is 4.74 Å². The number of nitrogens with zero attached hydrogens (tertiary/aromatic N) is 2. The van der Waals surface area contributed by atoms with Crippen molar-refractivity contribution in [3.05, 3.63) is 36.4 Å². The van der Waals surface area contributed by atoms with Crippen molar-refractivity contribution in [1.82, 2.24) is 10.2 Å². The van der Waals surface area contributed by atoms with Crippen molar-refractivity contribution >= 4 is 45.9 Å². The van der Waals surface area contributed by atoms with Crippen molar-refractivity contribution in [3.63, 3.8) is 0 Å². The highest BCUT2D eigenvalue weighted by atomic mass is 32.2. The average molecular weight is 353 g/mol. The van der Waals surface area contributed by atoms with E-state index in [1.165, 1.54) is 23.1 Å². The second-order valence-electron chi connectivity index (χ2n) is 3.99. The predicted molar refractivity (Wildman–Crippen MR) is 93.6 cm³/mol. The number of thioether (sulfide) groups is 2. The molecule has 0 radical (unpaired) electrons. The average Bonchev–Trinajstić information content (AvgIpc) is 2.99. The summed E-state index contributed by atoms with van der Waals surface area (Å²) >= 11 is 4.45. The fourth-order valence-corrected chi connectivity index (χ4v) is 3.54. The summed E-state index contributed by atoms with van der Waals surface area (Å²) in [6.07, 6.45) is 3.76. The SMILES string of the molecule is C=CCSc1nnc(NC(=O)c2ccc(SC)cc2OC)s1. The third-order valence-electron chi connectivity index (χ3n) is 2.60. The molecule has 0 atom stereocenters. The molecule has 0 aliphatic heterocycles. The second-order valence-corrected chi connectivity index (χ2v) is 7.12. The number of benzene rings is 1. The number of anilines is 1. The lowest BCUT2D eigenvalue weighted by molar-refractivity contribution is 0.102. The number of nitrogens with one attached hydrogen (secondary N) is 1. The Labute approximate surface area is 141 Å². The molecule has 5 nitrogen and oxygen atoms in total. The molecule has 116 valence electrons. The van der Waals surface area contributed by atoms with Crippen molar-refractivity contribution in [1.29, 1.82) is 0 Å². The molecule has 0 saturated heterocycles. The molecule has 8 heteroatoms. The van der Waals surface area contributed by atoms with Gasteiger partial charge >= 0.3 is 0 Å². The van der Waals surface area contributed by atoms with Crippen molar-refractivity contribution in [2.45, 2.75) is 9.24 Å². The predicted octanol–water partition coefficient (Wildman–Crippen LogP) is 3.80. The Kier molecular flexibility index (Phi) is 6.29. The minimum atomic E-state index is -0.263. The van der Waals surface area contributed by atoms with Gasteiger partial charge in [-0.15, -0.1) is 28.5 Å². The number of rotatable bonds is 7. The Morgan fingerprint density at radius 2 is 2.32 bits per heavy atom. The number of carbonyl (C=O) groups excluding carboxylic acids is 1. The van der Waals surface area contributed by atoms with Crippen LogP contribution < -0.4 is 10.1 Å². The summed E-state index contributed by atoms with van der Waals surface area (Å²) in [5.41, 5.74) is 0.468. The fourth-order valence-electron chi connectivity index (χ4n) is 1.60. The van der Waals surface area contributed by atoms with E-state index in [1.54, 1.807) is 31.0 Å². The van der Waals surface area contributed by atoms with Crippen LogP contribution in [-0.4, -0.2) is 35.2 Å². The Hall–Kier alpha value is -1.51. The smallest absolute Gasteiger partial charge is 0.261 e. The summed E-state index contributed by atoms with van der Waals surface area (Å²) < 4.78 is 6.07. The first-order chi connectivity index (χ1) is 10.7. The van der Waals surface area contributed by atoms with Crippen LogP contribution in [0.3, 0.4) is 0 Å². The molecule has 1 heterocycles. The third-order valence-corrected chi connectivity index (χ3v) is 5.30. The van der Waals surface area contributed by atoms with Crippen LogP contribution in [0.5, 0.6) is 5.75 Å². The Morgan fingerprint density at radius 1 is 1.50 bits per heavy atom. The number of hydrogen-bond donors (Lipinski definition) is 1. The number of aromatic nitrogens is 2. The van der Waals surface area contributed by atoms with E-state index in [9.17, 15) is 4.79 Å². The molecule has 2 aromatic rings. The maximum absolute atomic E-state index is 12.3. The van der Waals surface area contributed by atoms with Gasteiger partial charge in [-0.1, -0.05) is 29.2 Å². The van der Waals surface area contributed by atoms with Crippen LogP contribution in [0.25, 0.3) is 0 Å². The molecule has 1 aromatic carbocycles. The molecular formula is C14H15N3O2S3. The molecule has 0 unspecified atom stereocenters.